The van der Waals surface area contributed by atoms with Gasteiger partial charge >= 0.3 is 0 Å². The van der Waals surface area contributed by atoms with Crippen LogP contribution in [0, 0.1) is 6.92 Å². The Morgan fingerprint density at radius 3 is 2.58 bits per heavy atom. The van der Waals surface area contributed by atoms with Gasteiger partial charge < -0.3 is 4.90 Å². The molecule has 98 valence electrons. The van der Waals surface area contributed by atoms with Gasteiger partial charge in [-0.05, 0) is 68.0 Å². The van der Waals surface area contributed by atoms with Crippen LogP contribution in [0.15, 0.2) is 36.4 Å². The molecule has 0 spiro atoms. The predicted molar refractivity (Wildman–Crippen MR) is 80.1 cm³/mol. The summed E-state index contributed by atoms with van der Waals surface area (Å²) < 4.78 is 0. The van der Waals surface area contributed by atoms with Gasteiger partial charge in [0.1, 0.15) is 5.82 Å². The lowest BCUT2D eigenvalue weighted by atomic mass is 9.91. The normalized spacial score (nSPS) is 14.0. The average Bonchev–Trinajstić information content (AvgIpc) is 2.46. The van der Waals surface area contributed by atoms with Crippen LogP contribution in [0.2, 0.25) is 0 Å². The van der Waals surface area contributed by atoms with E-state index in [1.807, 2.05) is 13.0 Å². The van der Waals surface area contributed by atoms with Crippen molar-refractivity contribution in [2.45, 2.75) is 32.6 Å². The van der Waals surface area contributed by atoms with Crippen molar-refractivity contribution in [3.8, 4) is 0 Å². The minimum Gasteiger partial charge on any atom is -0.329 e. The van der Waals surface area contributed by atoms with Gasteiger partial charge in [-0.3, -0.25) is 0 Å². The highest BCUT2D eigenvalue weighted by Gasteiger charge is 2.12. The van der Waals surface area contributed by atoms with Crippen LogP contribution in [0.3, 0.4) is 0 Å². The third kappa shape index (κ3) is 2.48. The molecule has 0 atom stereocenters. The smallest absolute Gasteiger partial charge is 0.132 e. The standard InChI is InChI=1S/C17H20N2/c1-13-6-5-9-17(18-13)19(2)16-11-10-14-7-3-4-8-15(14)12-16/h5-6,9-12H,3-4,7-8H2,1-2H3. The maximum absolute atomic E-state index is 4.59. The summed E-state index contributed by atoms with van der Waals surface area (Å²) in [7, 11) is 2.09. The van der Waals surface area contributed by atoms with Crippen molar-refractivity contribution >= 4 is 11.5 Å². The van der Waals surface area contributed by atoms with Crippen LogP contribution in [-0.2, 0) is 12.8 Å². The molecule has 19 heavy (non-hydrogen) atoms. The number of nitrogens with zero attached hydrogens (tertiary/aromatic N) is 2. The molecule has 0 radical (unpaired) electrons. The third-order valence-corrected chi connectivity index (χ3v) is 3.94. The van der Waals surface area contributed by atoms with Crippen LogP contribution >= 0.6 is 0 Å². The first-order valence-corrected chi connectivity index (χ1v) is 7.03. The van der Waals surface area contributed by atoms with E-state index in [1.165, 1.54) is 42.5 Å². The SMILES string of the molecule is Cc1cccc(N(C)c2ccc3c(c2)CCCC3)n1. The zero-order chi connectivity index (χ0) is 13.2. The quantitative estimate of drug-likeness (QED) is 0.802. The van der Waals surface area contributed by atoms with Gasteiger partial charge in [0, 0.05) is 18.4 Å². The van der Waals surface area contributed by atoms with Gasteiger partial charge in [-0.1, -0.05) is 12.1 Å². The number of hydrogen-bond acceptors (Lipinski definition) is 2. The molecule has 1 heterocycles. The van der Waals surface area contributed by atoms with Gasteiger partial charge in [-0.2, -0.15) is 0 Å². The molecule has 0 saturated carbocycles. The molecule has 1 aromatic heterocycles. The van der Waals surface area contributed by atoms with E-state index in [0.29, 0.717) is 0 Å². The molecule has 1 aromatic carbocycles. The fraction of sp³-hybridized carbons (Fsp3) is 0.353. The number of hydrogen-bond donors (Lipinski definition) is 0. The van der Waals surface area contributed by atoms with Crippen LogP contribution in [-0.4, -0.2) is 12.0 Å². The minimum absolute atomic E-state index is 1.01. The molecular formula is C17H20N2. The van der Waals surface area contributed by atoms with E-state index in [0.717, 1.165) is 11.5 Å². The van der Waals surface area contributed by atoms with Gasteiger partial charge in [0.25, 0.3) is 0 Å². The molecule has 2 heteroatoms. The first-order valence-electron chi connectivity index (χ1n) is 7.03. The highest BCUT2D eigenvalue weighted by molar-refractivity contribution is 5.61. The Hall–Kier alpha value is -1.83. The summed E-state index contributed by atoms with van der Waals surface area (Å²) in [6.45, 7) is 2.03. The van der Waals surface area contributed by atoms with Gasteiger partial charge in [0.05, 0.1) is 0 Å². The molecule has 0 N–H and O–H groups in total. The van der Waals surface area contributed by atoms with Crippen LogP contribution in [0.4, 0.5) is 11.5 Å². The summed E-state index contributed by atoms with van der Waals surface area (Å²) >= 11 is 0. The van der Waals surface area contributed by atoms with Crippen LogP contribution < -0.4 is 4.90 Å². The molecule has 0 aliphatic heterocycles. The molecule has 1 aliphatic rings. The summed E-state index contributed by atoms with van der Waals surface area (Å²) in [5.74, 6) is 1.01. The summed E-state index contributed by atoms with van der Waals surface area (Å²) in [6.07, 6.45) is 5.12. The Morgan fingerprint density at radius 1 is 1.00 bits per heavy atom. The molecule has 0 saturated heterocycles. The molecule has 2 aromatic rings. The summed E-state index contributed by atoms with van der Waals surface area (Å²) in [4.78, 5) is 6.76. The van der Waals surface area contributed by atoms with Crippen molar-refractivity contribution in [1.82, 2.24) is 4.98 Å². The molecule has 0 bridgehead atoms. The highest BCUT2D eigenvalue weighted by atomic mass is 15.2. The van der Waals surface area contributed by atoms with Crippen molar-refractivity contribution < 1.29 is 0 Å². The van der Waals surface area contributed by atoms with Crippen molar-refractivity contribution in [2.24, 2.45) is 0 Å². The maximum atomic E-state index is 4.59. The lowest BCUT2D eigenvalue weighted by Gasteiger charge is -2.22. The van der Waals surface area contributed by atoms with Crippen LogP contribution in [0.25, 0.3) is 0 Å². The van der Waals surface area contributed by atoms with Gasteiger partial charge in [-0.25, -0.2) is 4.98 Å². The van der Waals surface area contributed by atoms with E-state index >= 15 is 0 Å². The summed E-state index contributed by atoms with van der Waals surface area (Å²) in [5, 5.41) is 0. The lowest BCUT2D eigenvalue weighted by molar-refractivity contribution is 0.685. The van der Waals surface area contributed by atoms with E-state index in [-0.39, 0.29) is 0 Å². The summed E-state index contributed by atoms with van der Waals surface area (Å²) in [5.41, 5.74) is 5.34. The molecule has 3 rings (SSSR count). The highest BCUT2D eigenvalue weighted by Crippen LogP contribution is 2.28. The Labute approximate surface area is 115 Å². The number of pyridine rings is 1. The Kier molecular flexibility index (Phi) is 3.24. The van der Waals surface area contributed by atoms with Crippen molar-refractivity contribution in [2.75, 3.05) is 11.9 Å². The van der Waals surface area contributed by atoms with E-state index in [2.05, 4.69) is 47.3 Å². The van der Waals surface area contributed by atoms with Crippen molar-refractivity contribution in [3.05, 3.63) is 53.2 Å². The van der Waals surface area contributed by atoms with Crippen LogP contribution in [0.1, 0.15) is 29.7 Å². The second kappa shape index (κ2) is 5.04. The minimum atomic E-state index is 1.01. The molecular weight excluding hydrogens is 232 g/mol. The van der Waals surface area contributed by atoms with Gasteiger partial charge in [0.15, 0.2) is 0 Å². The second-order valence-electron chi connectivity index (χ2n) is 5.36. The summed E-state index contributed by atoms with van der Waals surface area (Å²) in [6, 6.07) is 13.0. The van der Waals surface area contributed by atoms with E-state index in [4.69, 9.17) is 0 Å². The van der Waals surface area contributed by atoms with E-state index in [9.17, 15) is 0 Å². The first-order chi connectivity index (χ1) is 9.24. The molecule has 1 aliphatic carbocycles. The van der Waals surface area contributed by atoms with E-state index in [1.54, 1.807) is 0 Å². The number of aryl methyl sites for hydroxylation is 3. The van der Waals surface area contributed by atoms with Crippen molar-refractivity contribution in [1.29, 1.82) is 0 Å². The zero-order valence-electron chi connectivity index (χ0n) is 11.7. The predicted octanol–water partition coefficient (Wildman–Crippen LogP) is 4.04. The fourth-order valence-electron chi connectivity index (χ4n) is 2.78. The van der Waals surface area contributed by atoms with Gasteiger partial charge in [-0.15, -0.1) is 0 Å². The monoisotopic (exact) mass is 252 g/mol. The fourth-order valence-corrected chi connectivity index (χ4v) is 2.78. The average molecular weight is 252 g/mol. The number of rotatable bonds is 2. The lowest BCUT2D eigenvalue weighted by Crippen LogP contribution is -2.13. The number of fused-ring (bicyclic) bond motifs is 1. The Balaban J connectivity index is 1.93. The number of benzene rings is 1. The molecule has 0 fully saturated rings. The Morgan fingerprint density at radius 2 is 1.79 bits per heavy atom. The molecule has 0 amide bonds. The number of aromatic nitrogens is 1. The Bertz CT molecular complexity index is 590. The third-order valence-electron chi connectivity index (χ3n) is 3.94. The second-order valence-corrected chi connectivity index (χ2v) is 5.36. The molecule has 0 unspecified atom stereocenters. The maximum Gasteiger partial charge on any atom is 0.132 e. The van der Waals surface area contributed by atoms with Gasteiger partial charge in [0.2, 0.25) is 0 Å². The topological polar surface area (TPSA) is 16.1 Å². The molecule has 2 nitrogen and oxygen atoms in total. The van der Waals surface area contributed by atoms with Crippen molar-refractivity contribution in [3.63, 3.8) is 0 Å². The van der Waals surface area contributed by atoms with Crippen LogP contribution in [0.5, 0.6) is 0 Å². The van der Waals surface area contributed by atoms with E-state index < -0.39 is 0 Å². The first kappa shape index (κ1) is 12.2. The largest absolute Gasteiger partial charge is 0.329 e. The number of anilines is 2. The zero-order valence-corrected chi connectivity index (χ0v) is 11.7.